The van der Waals surface area contributed by atoms with E-state index in [9.17, 15) is 12.8 Å². The number of anilines is 1. The molecule has 1 aliphatic rings. The normalized spacial score (nSPS) is 24.2. The molecular weight excluding hydrogens is 253 g/mol. The van der Waals surface area contributed by atoms with Crippen LogP contribution in [0.2, 0.25) is 0 Å². The van der Waals surface area contributed by atoms with Gasteiger partial charge < -0.3 is 5.32 Å². The second kappa shape index (κ2) is 4.88. The summed E-state index contributed by atoms with van der Waals surface area (Å²) in [5, 5.41) is 3.13. The second-order valence-corrected chi connectivity index (χ2v) is 7.09. The molecule has 1 aromatic rings. The summed E-state index contributed by atoms with van der Waals surface area (Å²) in [5.41, 5.74) is 0.289. The molecule has 1 aromatic carbocycles. The van der Waals surface area contributed by atoms with Crippen molar-refractivity contribution in [1.29, 1.82) is 0 Å². The topological polar surface area (TPSA) is 46.2 Å². The highest BCUT2D eigenvalue weighted by molar-refractivity contribution is 7.90. The van der Waals surface area contributed by atoms with E-state index in [2.05, 4.69) is 12.2 Å². The van der Waals surface area contributed by atoms with Gasteiger partial charge in [-0.2, -0.15) is 0 Å². The van der Waals surface area contributed by atoms with Gasteiger partial charge in [-0.3, -0.25) is 0 Å². The minimum absolute atomic E-state index is 0.150. The van der Waals surface area contributed by atoms with Gasteiger partial charge in [-0.25, -0.2) is 12.8 Å². The average Bonchev–Trinajstić information content (AvgIpc) is 2.66. The highest BCUT2D eigenvalue weighted by Gasteiger charge is 2.24. The van der Waals surface area contributed by atoms with Crippen LogP contribution in [0.4, 0.5) is 10.1 Å². The Hall–Kier alpha value is -1.10. The van der Waals surface area contributed by atoms with E-state index in [0.29, 0.717) is 5.92 Å². The van der Waals surface area contributed by atoms with Crippen molar-refractivity contribution in [3.8, 4) is 0 Å². The van der Waals surface area contributed by atoms with Gasteiger partial charge in [-0.15, -0.1) is 0 Å². The Morgan fingerprint density at radius 1 is 1.33 bits per heavy atom. The molecule has 0 spiro atoms. The molecule has 2 atom stereocenters. The number of hydrogen-bond donors (Lipinski definition) is 1. The minimum atomic E-state index is -3.30. The lowest BCUT2D eigenvalue weighted by Gasteiger charge is -2.19. The van der Waals surface area contributed by atoms with Crippen LogP contribution in [0.25, 0.3) is 0 Å². The third-order valence-corrected chi connectivity index (χ3v) is 4.68. The number of rotatable bonds is 3. The standard InChI is InChI=1S/C13H18FNO2S/c1-9-4-3-5-12(9)15-13-8-10(18(2,16)17)6-7-11(13)14/h6-9,12,15H,3-5H2,1-2H3. The summed E-state index contributed by atoms with van der Waals surface area (Å²) in [4.78, 5) is 0.150. The van der Waals surface area contributed by atoms with Crippen LogP contribution in [0.3, 0.4) is 0 Å². The predicted octanol–water partition coefficient (Wildman–Crippen LogP) is 2.83. The molecule has 0 saturated heterocycles. The Balaban J connectivity index is 2.27. The number of sulfone groups is 1. The fourth-order valence-corrected chi connectivity index (χ4v) is 3.05. The van der Waals surface area contributed by atoms with Crippen LogP contribution < -0.4 is 5.32 Å². The van der Waals surface area contributed by atoms with E-state index in [4.69, 9.17) is 0 Å². The molecule has 0 aliphatic heterocycles. The zero-order valence-electron chi connectivity index (χ0n) is 10.6. The number of nitrogens with one attached hydrogen (secondary N) is 1. The zero-order chi connectivity index (χ0) is 13.3. The van der Waals surface area contributed by atoms with Crippen molar-refractivity contribution in [3.05, 3.63) is 24.0 Å². The molecule has 0 heterocycles. The van der Waals surface area contributed by atoms with Crippen molar-refractivity contribution in [2.45, 2.75) is 37.1 Å². The number of halogens is 1. The van der Waals surface area contributed by atoms with Crippen LogP contribution in [-0.4, -0.2) is 20.7 Å². The average molecular weight is 271 g/mol. The maximum absolute atomic E-state index is 13.7. The maximum atomic E-state index is 13.7. The van der Waals surface area contributed by atoms with Crippen LogP contribution in [0.15, 0.2) is 23.1 Å². The molecule has 5 heteroatoms. The van der Waals surface area contributed by atoms with Gasteiger partial charge in [0.25, 0.3) is 0 Å². The van der Waals surface area contributed by atoms with Gasteiger partial charge in [0.2, 0.25) is 0 Å². The Labute approximate surface area is 107 Å². The lowest BCUT2D eigenvalue weighted by molar-refractivity contribution is 0.549. The summed E-state index contributed by atoms with van der Waals surface area (Å²) in [5.74, 6) is 0.0905. The van der Waals surface area contributed by atoms with Crippen molar-refractivity contribution in [2.75, 3.05) is 11.6 Å². The van der Waals surface area contributed by atoms with E-state index in [1.54, 1.807) is 0 Å². The largest absolute Gasteiger partial charge is 0.380 e. The molecular formula is C13H18FNO2S. The number of benzene rings is 1. The third kappa shape index (κ3) is 2.83. The van der Waals surface area contributed by atoms with E-state index in [1.807, 2.05) is 0 Å². The third-order valence-electron chi connectivity index (χ3n) is 3.57. The monoisotopic (exact) mass is 271 g/mol. The number of hydrogen-bond acceptors (Lipinski definition) is 3. The second-order valence-electron chi connectivity index (χ2n) is 5.07. The van der Waals surface area contributed by atoms with Crippen LogP contribution in [0, 0.1) is 11.7 Å². The van der Waals surface area contributed by atoms with Crippen LogP contribution in [-0.2, 0) is 9.84 Å². The predicted molar refractivity (Wildman–Crippen MR) is 69.9 cm³/mol. The smallest absolute Gasteiger partial charge is 0.175 e. The molecule has 3 nitrogen and oxygen atoms in total. The molecule has 2 unspecified atom stereocenters. The molecule has 0 radical (unpaired) electrons. The van der Waals surface area contributed by atoms with E-state index in [0.717, 1.165) is 25.5 Å². The summed E-state index contributed by atoms with van der Waals surface area (Å²) < 4.78 is 36.6. The molecule has 1 fully saturated rings. The molecule has 1 aliphatic carbocycles. The van der Waals surface area contributed by atoms with Crippen molar-refractivity contribution in [1.82, 2.24) is 0 Å². The van der Waals surface area contributed by atoms with Crippen molar-refractivity contribution in [3.63, 3.8) is 0 Å². The van der Waals surface area contributed by atoms with Gasteiger partial charge in [0.15, 0.2) is 9.84 Å². The molecule has 1 N–H and O–H groups in total. The fraction of sp³-hybridized carbons (Fsp3) is 0.538. The van der Waals surface area contributed by atoms with Gasteiger partial charge in [0, 0.05) is 12.3 Å². The Kier molecular flexibility index (Phi) is 3.61. The minimum Gasteiger partial charge on any atom is -0.380 e. The first-order chi connectivity index (χ1) is 8.38. The SMILES string of the molecule is CC1CCCC1Nc1cc(S(C)(=O)=O)ccc1F. The molecule has 18 heavy (non-hydrogen) atoms. The van der Waals surface area contributed by atoms with Crippen LogP contribution in [0.1, 0.15) is 26.2 Å². The van der Waals surface area contributed by atoms with E-state index in [-0.39, 0.29) is 16.6 Å². The van der Waals surface area contributed by atoms with Gasteiger partial charge in [0.05, 0.1) is 10.6 Å². The zero-order valence-corrected chi connectivity index (χ0v) is 11.4. The quantitative estimate of drug-likeness (QED) is 0.860. The van der Waals surface area contributed by atoms with E-state index in [1.165, 1.54) is 18.2 Å². The molecule has 0 bridgehead atoms. The fourth-order valence-electron chi connectivity index (χ4n) is 2.41. The van der Waals surface area contributed by atoms with Gasteiger partial charge in [-0.05, 0) is 37.0 Å². The van der Waals surface area contributed by atoms with Crippen LogP contribution in [0.5, 0.6) is 0 Å². The molecule has 2 rings (SSSR count). The first-order valence-corrected chi connectivity index (χ1v) is 8.03. The first kappa shape index (κ1) is 13.3. The van der Waals surface area contributed by atoms with Gasteiger partial charge >= 0.3 is 0 Å². The summed E-state index contributed by atoms with van der Waals surface area (Å²) in [7, 11) is -3.30. The van der Waals surface area contributed by atoms with Gasteiger partial charge in [-0.1, -0.05) is 13.3 Å². The van der Waals surface area contributed by atoms with E-state index >= 15 is 0 Å². The van der Waals surface area contributed by atoms with E-state index < -0.39 is 15.7 Å². The lowest BCUT2D eigenvalue weighted by atomic mass is 10.1. The molecule has 0 amide bonds. The van der Waals surface area contributed by atoms with Gasteiger partial charge in [0.1, 0.15) is 5.82 Å². The first-order valence-electron chi connectivity index (χ1n) is 6.14. The maximum Gasteiger partial charge on any atom is 0.175 e. The summed E-state index contributed by atoms with van der Waals surface area (Å²) in [6, 6.07) is 4.12. The lowest BCUT2D eigenvalue weighted by Crippen LogP contribution is -2.22. The molecule has 100 valence electrons. The highest BCUT2D eigenvalue weighted by Crippen LogP contribution is 2.29. The summed E-state index contributed by atoms with van der Waals surface area (Å²) in [6.07, 6.45) is 4.39. The highest BCUT2D eigenvalue weighted by atomic mass is 32.2. The van der Waals surface area contributed by atoms with Crippen molar-refractivity contribution < 1.29 is 12.8 Å². The van der Waals surface area contributed by atoms with Crippen molar-refractivity contribution >= 4 is 15.5 Å². The Morgan fingerprint density at radius 3 is 2.61 bits per heavy atom. The van der Waals surface area contributed by atoms with Crippen LogP contribution >= 0.6 is 0 Å². The molecule has 1 saturated carbocycles. The summed E-state index contributed by atoms with van der Waals surface area (Å²) in [6.45, 7) is 2.13. The Bertz CT molecular complexity index is 542. The summed E-state index contributed by atoms with van der Waals surface area (Å²) >= 11 is 0. The molecule has 0 aromatic heterocycles. The Morgan fingerprint density at radius 2 is 2.06 bits per heavy atom. The van der Waals surface area contributed by atoms with Crippen molar-refractivity contribution in [2.24, 2.45) is 5.92 Å².